The van der Waals surface area contributed by atoms with Crippen molar-refractivity contribution in [2.45, 2.75) is 26.0 Å². The van der Waals surface area contributed by atoms with Crippen LogP contribution < -0.4 is 15.4 Å². The summed E-state index contributed by atoms with van der Waals surface area (Å²) in [5.41, 5.74) is 6.19. The number of carbonyl (C=O) groups excluding carboxylic acids is 1. The highest BCUT2D eigenvalue weighted by Crippen LogP contribution is 2.19. The molecule has 0 aliphatic rings. The highest BCUT2D eigenvalue weighted by Gasteiger charge is 2.18. The third-order valence-electron chi connectivity index (χ3n) is 2.44. The molecule has 0 radical (unpaired) electrons. The zero-order valence-corrected chi connectivity index (χ0v) is 11.0. The van der Waals surface area contributed by atoms with Gasteiger partial charge in [0, 0.05) is 12.7 Å². The Bertz CT molecular complexity index is 390. The van der Waals surface area contributed by atoms with Crippen LogP contribution in [0, 0.1) is 0 Å². The standard InChI is InChI=1S/C13H20N2O3/c1-9(2)18-11-6-4-10(5-7-11)15(3)13(17)12(14)8-16/h4-7,9,12,16H,8,14H2,1-3H3. The molecule has 3 N–H and O–H groups in total. The average molecular weight is 252 g/mol. The Hall–Kier alpha value is -1.59. The minimum absolute atomic E-state index is 0.109. The molecule has 0 saturated heterocycles. The lowest BCUT2D eigenvalue weighted by Gasteiger charge is -2.20. The van der Waals surface area contributed by atoms with Crippen molar-refractivity contribution in [2.24, 2.45) is 5.73 Å². The maximum absolute atomic E-state index is 11.7. The number of nitrogens with two attached hydrogens (primary N) is 1. The summed E-state index contributed by atoms with van der Waals surface area (Å²) >= 11 is 0. The largest absolute Gasteiger partial charge is 0.491 e. The van der Waals surface area contributed by atoms with E-state index in [9.17, 15) is 4.79 Å². The molecular formula is C13H20N2O3. The fourth-order valence-corrected chi connectivity index (χ4v) is 1.47. The van der Waals surface area contributed by atoms with Crippen LogP contribution in [0.1, 0.15) is 13.8 Å². The Labute approximate surface area is 107 Å². The van der Waals surface area contributed by atoms with E-state index < -0.39 is 6.04 Å². The number of benzene rings is 1. The maximum Gasteiger partial charge on any atom is 0.246 e. The van der Waals surface area contributed by atoms with Gasteiger partial charge in [-0.15, -0.1) is 0 Å². The van der Waals surface area contributed by atoms with Crippen LogP contribution >= 0.6 is 0 Å². The Morgan fingerprint density at radius 1 is 1.39 bits per heavy atom. The van der Waals surface area contributed by atoms with Crippen molar-refractivity contribution in [1.82, 2.24) is 0 Å². The van der Waals surface area contributed by atoms with E-state index in [4.69, 9.17) is 15.6 Å². The van der Waals surface area contributed by atoms with Gasteiger partial charge in [0.15, 0.2) is 0 Å². The number of anilines is 1. The molecule has 0 aliphatic carbocycles. The third-order valence-corrected chi connectivity index (χ3v) is 2.44. The molecule has 0 aromatic heterocycles. The molecule has 5 heteroatoms. The second kappa shape index (κ2) is 6.37. The molecule has 0 heterocycles. The first-order valence-corrected chi connectivity index (χ1v) is 5.86. The normalized spacial score (nSPS) is 12.3. The second-order valence-electron chi connectivity index (χ2n) is 4.35. The summed E-state index contributed by atoms with van der Waals surface area (Å²) in [6, 6.07) is 6.26. The van der Waals surface area contributed by atoms with Crippen LogP contribution in [0.4, 0.5) is 5.69 Å². The van der Waals surface area contributed by atoms with E-state index in [1.807, 2.05) is 13.8 Å². The first-order valence-electron chi connectivity index (χ1n) is 5.86. The number of hydrogen-bond acceptors (Lipinski definition) is 4. The SMILES string of the molecule is CC(C)Oc1ccc(N(C)C(=O)C(N)CO)cc1. The fourth-order valence-electron chi connectivity index (χ4n) is 1.47. The van der Waals surface area contributed by atoms with Gasteiger partial charge in [0.05, 0.1) is 12.7 Å². The number of aliphatic hydroxyl groups excluding tert-OH is 1. The lowest BCUT2D eigenvalue weighted by molar-refractivity contribution is -0.120. The maximum atomic E-state index is 11.7. The number of hydrogen-bond donors (Lipinski definition) is 2. The molecule has 0 bridgehead atoms. The molecule has 1 aromatic rings. The van der Waals surface area contributed by atoms with Crippen LogP contribution in [0.2, 0.25) is 0 Å². The molecule has 18 heavy (non-hydrogen) atoms. The summed E-state index contributed by atoms with van der Waals surface area (Å²) in [5.74, 6) is 0.427. The van der Waals surface area contributed by atoms with Gasteiger partial charge in [-0.2, -0.15) is 0 Å². The van der Waals surface area contributed by atoms with Gasteiger partial charge in [-0.25, -0.2) is 0 Å². The minimum atomic E-state index is -0.887. The predicted molar refractivity (Wildman–Crippen MR) is 70.7 cm³/mol. The van der Waals surface area contributed by atoms with Gasteiger partial charge >= 0.3 is 0 Å². The number of ether oxygens (including phenoxy) is 1. The molecule has 1 atom stereocenters. The molecule has 1 rings (SSSR count). The smallest absolute Gasteiger partial charge is 0.246 e. The van der Waals surface area contributed by atoms with E-state index in [0.29, 0.717) is 5.69 Å². The Morgan fingerprint density at radius 3 is 2.39 bits per heavy atom. The number of amides is 1. The van der Waals surface area contributed by atoms with E-state index in [1.165, 1.54) is 4.90 Å². The van der Waals surface area contributed by atoms with Gasteiger partial charge in [0.25, 0.3) is 0 Å². The van der Waals surface area contributed by atoms with Crippen molar-refractivity contribution in [3.8, 4) is 5.75 Å². The molecule has 0 aliphatic heterocycles. The van der Waals surface area contributed by atoms with Crippen LogP contribution in [0.5, 0.6) is 5.75 Å². The Kier molecular flexibility index (Phi) is 5.12. The van der Waals surface area contributed by atoms with Crippen LogP contribution in [0.3, 0.4) is 0 Å². The first-order chi connectivity index (χ1) is 8.45. The van der Waals surface area contributed by atoms with Gasteiger partial charge in [0.1, 0.15) is 11.8 Å². The molecule has 0 spiro atoms. The number of rotatable bonds is 5. The zero-order chi connectivity index (χ0) is 13.7. The van der Waals surface area contributed by atoms with E-state index >= 15 is 0 Å². The zero-order valence-electron chi connectivity index (χ0n) is 11.0. The minimum Gasteiger partial charge on any atom is -0.491 e. The molecule has 1 aromatic carbocycles. The van der Waals surface area contributed by atoms with E-state index in [-0.39, 0.29) is 18.6 Å². The third kappa shape index (κ3) is 3.72. The fraction of sp³-hybridized carbons (Fsp3) is 0.462. The van der Waals surface area contributed by atoms with Crippen LogP contribution in [-0.4, -0.2) is 36.8 Å². The topological polar surface area (TPSA) is 75.8 Å². The molecule has 1 amide bonds. The number of aliphatic hydroxyl groups is 1. The number of carbonyl (C=O) groups is 1. The lowest BCUT2D eigenvalue weighted by Crippen LogP contribution is -2.44. The van der Waals surface area contributed by atoms with Crippen LogP contribution in [0.15, 0.2) is 24.3 Å². The first kappa shape index (κ1) is 14.5. The van der Waals surface area contributed by atoms with E-state index in [2.05, 4.69) is 0 Å². The highest BCUT2D eigenvalue weighted by atomic mass is 16.5. The van der Waals surface area contributed by atoms with Crippen molar-refractivity contribution in [3.05, 3.63) is 24.3 Å². The molecule has 0 saturated carbocycles. The average Bonchev–Trinajstić information content (AvgIpc) is 2.36. The van der Waals surface area contributed by atoms with Crippen molar-refractivity contribution in [2.75, 3.05) is 18.6 Å². The van der Waals surface area contributed by atoms with Crippen LogP contribution in [-0.2, 0) is 4.79 Å². The van der Waals surface area contributed by atoms with Gasteiger partial charge in [-0.3, -0.25) is 4.79 Å². The molecule has 0 fully saturated rings. The summed E-state index contributed by atoms with van der Waals surface area (Å²) < 4.78 is 5.51. The summed E-state index contributed by atoms with van der Waals surface area (Å²) in [4.78, 5) is 13.2. The molecular weight excluding hydrogens is 232 g/mol. The van der Waals surface area contributed by atoms with Crippen molar-refractivity contribution < 1.29 is 14.6 Å². The molecule has 100 valence electrons. The van der Waals surface area contributed by atoms with E-state index in [1.54, 1.807) is 31.3 Å². The highest BCUT2D eigenvalue weighted by molar-refractivity contribution is 5.96. The quantitative estimate of drug-likeness (QED) is 0.811. The van der Waals surface area contributed by atoms with E-state index in [0.717, 1.165) is 5.75 Å². The van der Waals surface area contributed by atoms with Crippen molar-refractivity contribution in [3.63, 3.8) is 0 Å². The number of nitrogens with zero attached hydrogens (tertiary/aromatic N) is 1. The van der Waals surface area contributed by atoms with Gasteiger partial charge in [-0.05, 0) is 38.1 Å². The summed E-state index contributed by atoms with van der Waals surface area (Å²) in [7, 11) is 1.62. The lowest BCUT2D eigenvalue weighted by atomic mass is 10.2. The molecule has 5 nitrogen and oxygen atoms in total. The van der Waals surface area contributed by atoms with Crippen LogP contribution in [0.25, 0.3) is 0 Å². The number of likely N-dealkylation sites (N-methyl/N-ethyl adjacent to an activating group) is 1. The monoisotopic (exact) mass is 252 g/mol. The molecule has 1 unspecified atom stereocenters. The van der Waals surface area contributed by atoms with Crippen molar-refractivity contribution >= 4 is 11.6 Å². The summed E-state index contributed by atoms with van der Waals surface area (Å²) in [6.45, 7) is 3.53. The van der Waals surface area contributed by atoms with Gasteiger partial charge in [-0.1, -0.05) is 0 Å². The summed E-state index contributed by atoms with van der Waals surface area (Å²) in [6.07, 6.45) is 0.109. The van der Waals surface area contributed by atoms with Crippen molar-refractivity contribution in [1.29, 1.82) is 0 Å². The predicted octanol–water partition coefficient (Wildman–Crippen LogP) is 0.756. The second-order valence-corrected chi connectivity index (χ2v) is 4.35. The van der Waals surface area contributed by atoms with Gasteiger partial charge in [0.2, 0.25) is 5.91 Å². The Morgan fingerprint density at radius 2 is 1.94 bits per heavy atom. The Balaban J connectivity index is 2.75. The summed E-state index contributed by atoms with van der Waals surface area (Å²) in [5, 5.41) is 8.85. The van der Waals surface area contributed by atoms with Gasteiger partial charge < -0.3 is 20.5 Å².